The van der Waals surface area contributed by atoms with Crippen LogP contribution in [-0.4, -0.2) is 60.4 Å². The molecule has 0 saturated carbocycles. The lowest BCUT2D eigenvalue weighted by Gasteiger charge is -2.34. The molecule has 0 unspecified atom stereocenters. The zero-order valence-corrected chi connectivity index (χ0v) is 12.3. The summed E-state index contributed by atoms with van der Waals surface area (Å²) in [7, 11) is 0. The van der Waals surface area contributed by atoms with Crippen LogP contribution in [-0.2, 0) is 4.79 Å². The SMILES string of the molecule is NC(=O)NC(=O)CCN1CCN(C(=O)c2ccccc2)CC1. The van der Waals surface area contributed by atoms with Crippen molar-refractivity contribution < 1.29 is 14.4 Å². The number of amides is 4. The molecule has 1 heterocycles. The van der Waals surface area contributed by atoms with Gasteiger partial charge in [-0.3, -0.25) is 19.8 Å². The average Bonchev–Trinajstić information content (AvgIpc) is 2.53. The van der Waals surface area contributed by atoms with Crippen molar-refractivity contribution in [3.05, 3.63) is 35.9 Å². The smallest absolute Gasteiger partial charge is 0.318 e. The van der Waals surface area contributed by atoms with Gasteiger partial charge < -0.3 is 10.6 Å². The maximum absolute atomic E-state index is 12.3. The van der Waals surface area contributed by atoms with E-state index >= 15 is 0 Å². The maximum atomic E-state index is 12.3. The van der Waals surface area contributed by atoms with Gasteiger partial charge in [-0.05, 0) is 12.1 Å². The first kappa shape index (κ1) is 16.0. The van der Waals surface area contributed by atoms with Crippen molar-refractivity contribution in [1.82, 2.24) is 15.1 Å². The Balaban J connectivity index is 1.75. The first-order chi connectivity index (χ1) is 10.6. The molecule has 0 bridgehead atoms. The Bertz CT molecular complexity index is 539. The van der Waals surface area contributed by atoms with Gasteiger partial charge in [-0.1, -0.05) is 18.2 Å². The molecule has 1 aliphatic rings. The summed E-state index contributed by atoms with van der Waals surface area (Å²) in [5.41, 5.74) is 5.57. The maximum Gasteiger partial charge on any atom is 0.318 e. The second-order valence-corrected chi connectivity index (χ2v) is 5.16. The molecule has 22 heavy (non-hydrogen) atoms. The van der Waals surface area contributed by atoms with E-state index in [2.05, 4.69) is 4.90 Å². The van der Waals surface area contributed by atoms with Gasteiger partial charge in [0.25, 0.3) is 5.91 Å². The number of hydrogen-bond acceptors (Lipinski definition) is 4. The molecular weight excluding hydrogens is 284 g/mol. The lowest BCUT2D eigenvalue weighted by Crippen LogP contribution is -2.49. The number of nitrogens with two attached hydrogens (primary N) is 1. The van der Waals surface area contributed by atoms with E-state index in [0.29, 0.717) is 38.3 Å². The van der Waals surface area contributed by atoms with E-state index in [0.717, 1.165) is 0 Å². The summed E-state index contributed by atoms with van der Waals surface area (Å²) in [6.45, 7) is 3.23. The third-order valence-corrected chi connectivity index (χ3v) is 3.60. The van der Waals surface area contributed by atoms with Crippen LogP contribution in [0.3, 0.4) is 0 Å². The Labute approximate surface area is 129 Å². The number of carbonyl (C=O) groups is 3. The molecule has 2 rings (SSSR count). The van der Waals surface area contributed by atoms with Gasteiger partial charge in [0.15, 0.2) is 0 Å². The van der Waals surface area contributed by atoms with Crippen LogP contribution in [0, 0.1) is 0 Å². The number of imide groups is 1. The van der Waals surface area contributed by atoms with E-state index in [1.807, 2.05) is 40.5 Å². The number of rotatable bonds is 4. The summed E-state index contributed by atoms with van der Waals surface area (Å²) in [6, 6.07) is 8.36. The molecule has 0 aromatic heterocycles. The summed E-state index contributed by atoms with van der Waals surface area (Å²) in [6.07, 6.45) is 0.218. The molecule has 7 nitrogen and oxygen atoms in total. The number of hydrogen-bond donors (Lipinski definition) is 2. The van der Waals surface area contributed by atoms with Crippen LogP contribution in [0.4, 0.5) is 4.79 Å². The van der Waals surface area contributed by atoms with Crippen molar-refractivity contribution in [2.75, 3.05) is 32.7 Å². The third kappa shape index (κ3) is 4.56. The van der Waals surface area contributed by atoms with Crippen LogP contribution in [0.15, 0.2) is 30.3 Å². The monoisotopic (exact) mass is 304 g/mol. The molecule has 1 aromatic carbocycles. The first-order valence-electron chi connectivity index (χ1n) is 7.22. The lowest BCUT2D eigenvalue weighted by atomic mass is 10.2. The largest absolute Gasteiger partial charge is 0.351 e. The fourth-order valence-corrected chi connectivity index (χ4v) is 2.40. The van der Waals surface area contributed by atoms with Crippen LogP contribution in [0.1, 0.15) is 16.8 Å². The normalized spacial score (nSPS) is 15.4. The molecule has 3 N–H and O–H groups in total. The minimum absolute atomic E-state index is 0.0340. The second-order valence-electron chi connectivity index (χ2n) is 5.16. The van der Waals surface area contributed by atoms with E-state index in [4.69, 9.17) is 5.73 Å². The highest BCUT2D eigenvalue weighted by Gasteiger charge is 2.22. The predicted molar refractivity (Wildman–Crippen MR) is 81.1 cm³/mol. The van der Waals surface area contributed by atoms with Crippen molar-refractivity contribution in [3.63, 3.8) is 0 Å². The Hall–Kier alpha value is -2.41. The Morgan fingerprint density at radius 1 is 1.05 bits per heavy atom. The summed E-state index contributed by atoms with van der Waals surface area (Å²) < 4.78 is 0. The Morgan fingerprint density at radius 3 is 2.27 bits per heavy atom. The summed E-state index contributed by atoms with van der Waals surface area (Å²) in [4.78, 5) is 38.1. The zero-order valence-electron chi connectivity index (χ0n) is 12.3. The van der Waals surface area contributed by atoms with Gasteiger partial charge in [-0.25, -0.2) is 4.79 Å². The van der Waals surface area contributed by atoms with Crippen molar-refractivity contribution >= 4 is 17.8 Å². The van der Waals surface area contributed by atoms with Crippen LogP contribution in [0.25, 0.3) is 0 Å². The number of carbonyl (C=O) groups excluding carboxylic acids is 3. The first-order valence-corrected chi connectivity index (χ1v) is 7.22. The van der Waals surface area contributed by atoms with E-state index in [1.54, 1.807) is 0 Å². The molecule has 1 aromatic rings. The van der Waals surface area contributed by atoms with Crippen LogP contribution in [0.5, 0.6) is 0 Å². The minimum Gasteiger partial charge on any atom is -0.351 e. The van der Waals surface area contributed by atoms with Gasteiger partial charge in [-0.15, -0.1) is 0 Å². The average molecular weight is 304 g/mol. The summed E-state index contributed by atoms with van der Waals surface area (Å²) in [5.74, 6) is -0.345. The van der Waals surface area contributed by atoms with E-state index in [1.165, 1.54) is 0 Å². The highest BCUT2D eigenvalue weighted by molar-refractivity contribution is 5.94. The minimum atomic E-state index is -0.830. The molecular formula is C15H20N4O3. The molecule has 7 heteroatoms. The number of benzene rings is 1. The third-order valence-electron chi connectivity index (χ3n) is 3.60. The highest BCUT2D eigenvalue weighted by Crippen LogP contribution is 2.08. The molecule has 4 amide bonds. The van der Waals surface area contributed by atoms with Gasteiger partial charge in [0.05, 0.1) is 0 Å². The van der Waals surface area contributed by atoms with Gasteiger partial charge in [0.2, 0.25) is 5.91 Å². The standard InChI is InChI=1S/C15H20N4O3/c16-15(22)17-13(20)6-7-18-8-10-19(11-9-18)14(21)12-4-2-1-3-5-12/h1-5H,6-11H2,(H3,16,17,20,22). The van der Waals surface area contributed by atoms with Crippen molar-refractivity contribution in [1.29, 1.82) is 0 Å². The molecule has 0 spiro atoms. The molecule has 0 radical (unpaired) electrons. The zero-order chi connectivity index (χ0) is 15.9. The van der Waals surface area contributed by atoms with Gasteiger partial charge in [0.1, 0.15) is 0 Å². The fraction of sp³-hybridized carbons (Fsp3) is 0.400. The van der Waals surface area contributed by atoms with Gasteiger partial charge in [-0.2, -0.15) is 0 Å². The van der Waals surface area contributed by atoms with Crippen LogP contribution in [0.2, 0.25) is 0 Å². The Kier molecular flexibility index (Phi) is 5.48. The summed E-state index contributed by atoms with van der Waals surface area (Å²) in [5, 5.41) is 2.04. The number of urea groups is 1. The van der Waals surface area contributed by atoms with Crippen molar-refractivity contribution in [2.45, 2.75) is 6.42 Å². The van der Waals surface area contributed by atoms with Gasteiger partial charge in [0, 0.05) is 44.7 Å². The molecule has 0 atom stereocenters. The second kappa shape index (κ2) is 7.56. The number of primary amides is 1. The topological polar surface area (TPSA) is 95.7 Å². The fourth-order valence-electron chi connectivity index (χ4n) is 2.40. The van der Waals surface area contributed by atoms with Crippen LogP contribution >= 0.6 is 0 Å². The lowest BCUT2D eigenvalue weighted by molar-refractivity contribution is -0.120. The molecule has 1 aliphatic heterocycles. The predicted octanol–water partition coefficient (Wildman–Crippen LogP) is 0.0294. The van der Waals surface area contributed by atoms with Gasteiger partial charge >= 0.3 is 6.03 Å². The van der Waals surface area contributed by atoms with Crippen molar-refractivity contribution in [2.24, 2.45) is 5.73 Å². The number of nitrogens with one attached hydrogen (secondary N) is 1. The van der Waals surface area contributed by atoms with E-state index in [-0.39, 0.29) is 18.2 Å². The molecule has 118 valence electrons. The molecule has 1 fully saturated rings. The van der Waals surface area contributed by atoms with Crippen molar-refractivity contribution in [3.8, 4) is 0 Å². The quantitative estimate of drug-likeness (QED) is 0.820. The van der Waals surface area contributed by atoms with E-state index in [9.17, 15) is 14.4 Å². The highest BCUT2D eigenvalue weighted by atomic mass is 16.2. The molecule has 0 aliphatic carbocycles. The van der Waals surface area contributed by atoms with E-state index < -0.39 is 6.03 Å². The summed E-state index contributed by atoms with van der Waals surface area (Å²) >= 11 is 0. The molecule has 1 saturated heterocycles. The Morgan fingerprint density at radius 2 is 1.68 bits per heavy atom. The number of piperazine rings is 1. The van der Waals surface area contributed by atoms with Crippen LogP contribution < -0.4 is 11.1 Å². The number of nitrogens with zero attached hydrogens (tertiary/aromatic N) is 2.